The summed E-state index contributed by atoms with van der Waals surface area (Å²) in [7, 11) is 0. The molecule has 1 aromatic rings. The molecule has 2 unspecified atom stereocenters. The molecule has 2 rings (SSSR count). The third kappa shape index (κ3) is 5.52. The Morgan fingerprint density at radius 2 is 1.95 bits per heavy atom. The minimum Gasteiger partial charge on any atom is -0.493 e. The van der Waals surface area contributed by atoms with Crippen molar-refractivity contribution < 1.29 is 4.74 Å². The van der Waals surface area contributed by atoms with E-state index >= 15 is 0 Å². The maximum absolute atomic E-state index is 6.08. The second-order valence-corrected chi connectivity index (χ2v) is 6.31. The third-order valence-corrected chi connectivity index (χ3v) is 4.41. The van der Waals surface area contributed by atoms with E-state index in [-0.39, 0.29) is 18.4 Å². The molecule has 0 aliphatic heterocycles. The van der Waals surface area contributed by atoms with Crippen LogP contribution < -0.4 is 10.5 Å². The molecule has 0 heterocycles. The fourth-order valence-electron chi connectivity index (χ4n) is 2.40. The Morgan fingerprint density at radius 3 is 2.52 bits per heavy atom. The Morgan fingerprint density at radius 1 is 1.24 bits per heavy atom. The summed E-state index contributed by atoms with van der Waals surface area (Å²) < 4.78 is 6.04. The summed E-state index contributed by atoms with van der Waals surface area (Å²) in [5.41, 5.74) is 8.77. The zero-order valence-corrected chi connectivity index (χ0v) is 14.4. The van der Waals surface area contributed by atoms with Gasteiger partial charge in [-0.15, -0.1) is 12.4 Å². The topological polar surface area (TPSA) is 35.2 Å². The van der Waals surface area contributed by atoms with E-state index in [4.69, 9.17) is 10.5 Å². The molecule has 2 N–H and O–H groups in total. The average molecular weight is 312 g/mol. The second kappa shape index (κ2) is 8.65. The van der Waals surface area contributed by atoms with E-state index in [0.717, 1.165) is 37.5 Å². The zero-order valence-electron chi connectivity index (χ0n) is 13.6. The summed E-state index contributed by atoms with van der Waals surface area (Å²) in [5, 5.41) is 0. The van der Waals surface area contributed by atoms with Gasteiger partial charge in [-0.05, 0) is 61.1 Å². The Balaban J connectivity index is 0.00000220. The van der Waals surface area contributed by atoms with Gasteiger partial charge in [0.1, 0.15) is 5.75 Å². The van der Waals surface area contributed by atoms with Crippen LogP contribution in [-0.2, 0) is 6.42 Å². The molecule has 2 nitrogen and oxygen atoms in total. The molecular formula is C18H30ClNO. The molecule has 1 fully saturated rings. The van der Waals surface area contributed by atoms with Gasteiger partial charge in [0, 0.05) is 6.04 Å². The highest BCUT2D eigenvalue weighted by molar-refractivity contribution is 5.85. The quantitative estimate of drug-likeness (QED) is 0.756. The van der Waals surface area contributed by atoms with Gasteiger partial charge in [-0.1, -0.05) is 32.9 Å². The molecule has 0 radical (unpaired) electrons. The first-order valence-electron chi connectivity index (χ1n) is 8.15. The van der Waals surface area contributed by atoms with E-state index < -0.39 is 0 Å². The van der Waals surface area contributed by atoms with Crippen molar-refractivity contribution in [2.45, 2.75) is 64.8 Å². The molecule has 3 heteroatoms. The van der Waals surface area contributed by atoms with Crippen LogP contribution in [0.25, 0.3) is 0 Å². The summed E-state index contributed by atoms with van der Waals surface area (Å²) >= 11 is 0. The number of halogens is 1. The van der Waals surface area contributed by atoms with Crippen molar-refractivity contribution in [3.8, 4) is 5.75 Å². The summed E-state index contributed by atoms with van der Waals surface area (Å²) in [5.74, 6) is 2.43. The van der Waals surface area contributed by atoms with Crippen molar-refractivity contribution in [1.29, 1.82) is 0 Å². The van der Waals surface area contributed by atoms with Gasteiger partial charge in [0.2, 0.25) is 0 Å². The first-order valence-corrected chi connectivity index (χ1v) is 8.15. The number of nitrogens with two attached hydrogens (primary N) is 1. The van der Waals surface area contributed by atoms with E-state index in [1.807, 2.05) is 0 Å². The monoisotopic (exact) mass is 311 g/mol. The highest BCUT2D eigenvalue weighted by Gasteiger charge is 2.23. The Labute approximate surface area is 135 Å². The van der Waals surface area contributed by atoms with Crippen molar-refractivity contribution in [1.82, 2.24) is 0 Å². The normalized spacial score (nSPS) is 17.0. The van der Waals surface area contributed by atoms with Crippen LogP contribution >= 0.6 is 12.4 Å². The Bertz CT molecular complexity index is 431. The molecule has 0 saturated heterocycles. The van der Waals surface area contributed by atoms with Crippen LogP contribution in [0.2, 0.25) is 0 Å². The lowest BCUT2D eigenvalue weighted by Crippen LogP contribution is -2.21. The molecule has 1 aliphatic rings. The van der Waals surface area contributed by atoms with Crippen molar-refractivity contribution in [2.24, 2.45) is 11.7 Å². The molecular weight excluding hydrogens is 282 g/mol. The maximum atomic E-state index is 6.08. The lowest BCUT2D eigenvalue weighted by Gasteiger charge is -2.18. The fraction of sp³-hybridized carbons (Fsp3) is 0.667. The lowest BCUT2D eigenvalue weighted by atomic mass is 9.93. The summed E-state index contributed by atoms with van der Waals surface area (Å²) in [6.45, 7) is 7.55. The number of rotatable bonds is 8. The Hall–Kier alpha value is -0.730. The van der Waals surface area contributed by atoms with Crippen LogP contribution in [0, 0.1) is 5.92 Å². The van der Waals surface area contributed by atoms with Gasteiger partial charge in [0.25, 0.3) is 0 Å². The van der Waals surface area contributed by atoms with E-state index in [1.54, 1.807) is 0 Å². The number of hydrogen-bond donors (Lipinski definition) is 1. The first kappa shape index (κ1) is 18.3. The predicted molar refractivity (Wildman–Crippen MR) is 92.6 cm³/mol. The van der Waals surface area contributed by atoms with Crippen LogP contribution in [0.5, 0.6) is 5.75 Å². The van der Waals surface area contributed by atoms with Gasteiger partial charge in [0.05, 0.1) is 6.61 Å². The number of benzene rings is 1. The van der Waals surface area contributed by atoms with Crippen molar-refractivity contribution in [2.75, 3.05) is 6.61 Å². The molecule has 0 aromatic heterocycles. The fourth-order valence-corrected chi connectivity index (χ4v) is 2.40. The minimum absolute atomic E-state index is 0. The molecule has 21 heavy (non-hydrogen) atoms. The smallest absolute Gasteiger partial charge is 0.122 e. The van der Waals surface area contributed by atoms with E-state index in [2.05, 4.69) is 39.0 Å². The van der Waals surface area contributed by atoms with Crippen LogP contribution in [0.1, 0.15) is 63.5 Å². The van der Waals surface area contributed by atoms with E-state index in [9.17, 15) is 0 Å². The SMILES string of the molecule is CCC(N)Cc1ccc(OCC2CC2)c(C(C)CC)c1.Cl. The van der Waals surface area contributed by atoms with Crippen LogP contribution in [0.3, 0.4) is 0 Å². The van der Waals surface area contributed by atoms with Gasteiger partial charge >= 0.3 is 0 Å². The third-order valence-electron chi connectivity index (χ3n) is 4.41. The van der Waals surface area contributed by atoms with Crippen molar-refractivity contribution in [3.63, 3.8) is 0 Å². The summed E-state index contributed by atoms with van der Waals surface area (Å²) in [4.78, 5) is 0. The van der Waals surface area contributed by atoms with E-state index in [0.29, 0.717) is 5.92 Å². The van der Waals surface area contributed by atoms with Gasteiger partial charge in [-0.25, -0.2) is 0 Å². The average Bonchev–Trinajstić information content (AvgIpc) is 3.29. The van der Waals surface area contributed by atoms with Gasteiger partial charge in [-0.2, -0.15) is 0 Å². The lowest BCUT2D eigenvalue weighted by molar-refractivity contribution is 0.295. The first-order chi connectivity index (χ1) is 9.63. The van der Waals surface area contributed by atoms with Crippen LogP contribution in [0.4, 0.5) is 0 Å². The molecule has 0 amide bonds. The molecule has 0 spiro atoms. The summed E-state index contributed by atoms with van der Waals surface area (Å²) in [6, 6.07) is 6.91. The Kier molecular flexibility index (Phi) is 7.55. The highest BCUT2D eigenvalue weighted by atomic mass is 35.5. The van der Waals surface area contributed by atoms with Gasteiger partial charge in [0.15, 0.2) is 0 Å². The van der Waals surface area contributed by atoms with Crippen LogP contribution in [0.15, 0.2) is 18.2 Å². The summed E-state index contributed by atoms with van der Waals surface area (Å²) in [6.07, 6.45) is 5.80. The zero-order chi connectivity index (χ0) is 14.5. The molecule has 1 saturated carbocycles. The van der Waals surface area contributed by atoms with Crippen molar-refractivity contribution in [3.05, 3.63) is 29.3 Å². The highest BCUT2D eigenvalue weighted by Crippen LogP contribution is 2.33. The predicted octanol–water partition coefficient (Wildman–Crippen LogP) is 4.69. The van der Waals surface area contributed by atoms with Gasteiger partial charge < -0.3 is 10.5 Å². The number of ether oxygens (including phenoxy) is 1. The minimum atomic E-state index is 0. The maximum Gasteiger partial charge on any atom is 0.122 e. The molecule has 0 bridgehead atoms. The largest absolute Gasteiger partial charge is 0.493 e. The molecule has 1 aliphatic carbocycles. The molecule has 2 atom stereocenters. The van der Waals surface area contributed by atoms with Crippen LogP contribution in [-0.4, -0.2) is 12.6 Å². The molecule has 120 valence electrons. The van der Waals surface area contributed by atoms with E-state index in [1.165, 1.54) is 24.0 Å². The standard InChI is InChI=1S/C18H29NO.ClH/c1-4-13(3)17-11-15(10-16(19)5-2)8-9-18(17)20-12-14-6-7-14;/h8-9,11,13-14,16H,4-7,10,12,19H2,1-3H3;1H. The molecule has 1 aromatic carbocycles. The van der Waals surface area contributed by atoms with Gasteiger partial charge in [-0.3, -0.25) is 0 Å². The second-order valence-electron chi connectivity index (χ2n) is 6.31. The number of hydrogen-bond acceptors (Lipinski definition) is 2. The van der Waals surface area contributed by atoms with Crippen molar-refractivity contribution >= 4 is 12.4 Å².